The first-order chi connectivity index (χ1) is 9.99. The van der Waals surface area contributed by atoms with E-state index in [1.165, 1.54) is 4.57 Å². The smallest absolute Gasteiger partial charge is 0.325 e. The molecule has 0 atom stereocenters. The molecular formula is C15H17N3OS2. The van der Waals surface area contributed by atoms with Gasteiger partial charge in [-0.25, -0.2) is 3.96 Å². The van der Waals surface area contributed by atoms with Crippen molar-refractivity contribution in [3.8, 4) is 0 Å². The third-order valence-corrected chi connectivity index (χ3v) is 4.62. The third-order valence-electron chi connectivity index (χ3n) is 3.00. The zero-order chi connectivity index (χ0) is 15.4. The maximum atomic E-state index is 11.6. The molecule has 0 saturated heterocycles. The molecule has 1 aromatic heterocycles. The highest BCUT2D eigenvalue weighted by atomic mass is 32.1. The van der Waals surface area contributed by atoms with Crippen LogP contribution in [0.1, 0.15) is 12.8 Å². The predicted octanol–water partition coefficient (Wildman–Crippen LogP) is 3.85. The second kappa shape index (κ2) is 6.69. The lowest BCUT2D eigenvalue weighted by Gasteiger charge is -2.10. The second-order valence-corrected chi connectivity index (χ2v) is 5.92. The van der Waals surface area contributed by atoms with E-state index in [0.29, 0.717) is 11.2 Å². The van der Waals surface area contributed by atoms with Crippen LogP contribution in [0.25, 0.3) is 5.70 Å². The monoisotopic (exact) mass is 319 g/mol. The van der Waals surface area contributed by atoms with Gasteiger partial charge in [0.25, 0.3) is 0 Å². The van der Waals surface area contributed by atoms with Crippen molar-refractivity contribution in [1.82, 2.24) is 8.52 Å². The Morgan fingerprint density at radius 2 is 1.95 bits per heavy atom. The summed E-state index contributed by atoms with van der Waals surface area (Å²) in [5.41, 5.74) is 2.71. The molecule has 0 amide bonds. The van der Waals surface area contributed by atoms with Gasteiger partial charge in [0, 0.05) is 35.7 Å². The number of allylic oxidation sites excluding steroid dienone is 2. The first-order valence-electron chi connectivity index (χ1n) is 6.46. The lowest BCUT2D eigenvalue weighted by molar-refractivity contribution is 0.830. The number of benzene rings is 1. The fourth-order valence-corrected chi connectivity index (χ4v) is 2.95. The summed E-state index contributed by atoms with van der Waals surface area (Å²) in [6.07, 6.45) is 1.41. The van der Waals surface area contributed by atoms with Gasteiger partial charge in [0.15, 0.2) is 4.77 Å². The number of nitrogens with zero attached hydrogens (tertiary/aromatic N) is 2. The summed E-state index contributed by atoms with van der Waals surface area (Å²) in [6.45, 7) is 8.01. The van der Waals surface area contributed by atoms with Gasteiger partial charge in [-0.3, -0.25) is 9.36 Å². The second-order valence-electron chi connectivity index (χ2n) is 4.65. The molecule has 4 nitrogen and oxygen atoms in total. The molecule has 2 aromatic rings. The fraction of sp³-hybridized carbons (Fsp3) is 0.200. The molecule has 1 heterocycles. The van der Waals surface area contributed by atoms with Gasteiger partial charge in [0.2, 0.25) is 0 Å². The molecule has 0 saturated carbocycles. The summed E-state index contributed by atoms with van der Waals surface area (Å²) < 4.78 is 3.63. The van der Waals surface area contributed by atoms with E-state index in [0.717, 1.165) is 35.0 Å². The van der Waals surface area contributed by atoms with E-state index < -0.39 is 0 Å². The maximum Gasteiger partial charge on any atom is 0.325 e. The lowest BCUT2D eigenvalue weighted by Crippen LogP contribution is -2.06. The zero-order valence-corrected chi connectivity index (χ0v) is 13.5. The largest absolute Gasteiger partial charge is 0.359 e. The Morgan fingerprint density at radius 1 is 1.29 bits per heavy atom. The molecule has 0 aliphatic rings. The van der Waals surface area contributed by atoms with Crippen molar-refractivity contribution in [3.63, 3.8) is 0 Å². The number of para-hydroxylation sites is 1. The topological polar surface area (TPSA) is 39.0 Å². The van der Waals surface area contributed by atoms with Crippen molar-refractivity contribution in [2.75, 3.05) is 5.32 Å². The molecule has 1 N–H and O–H groups in total. The Morgan fingerprint density at radius 3 is 2.52 bits per heavy atom. The minimum Gasteiger partial charge on any atom is -0.359 e. The van der Waals surface area contributed by atoms with E-state index in [9.17, 15) is 4.79 Å². The summed E-state index contributed by atoms with van der Waals surface area (Å²) in [7, 11) is 1.67. The molecule has 0 aliphatic carbocycles. The molecule has 0 unspecified atom stereocenters. The van der Waals surface area contributed by atoms with Gasteiger partial charge in [0.1, 0.15) is 0 Å². The molecule has 0 fully saturated rings. The average Bonchev–Trinajstić information content (AvgIpc) is 2.73. The van der Waals surface area contributed by atoms with Crippen LogP contribution in [0.5, 0.6) is 0 Å². The Kier molecular flexibility index (Phi) is 4.93. The first kappa shape index (κ1) is 15.5. The van der Waals surface area contributed by atoms with Crippen LogP contribution in [0.15, 0.2) is 54.0 Å². The van der Waals surface area contributed by atoms with Gasteiger partial charge >= 0.3 is 4.87 Å². The lowest BCUT2D eigenvalue weighted by atomic mass is 10.2. The quantitative estimate of drug-likeness (QED) is 0.822. The van der Waals surface area contributed by atoms with Gasteiger partial charge in [-0.1, -0.05) is 31.4 Å². The van der Waals surface area contributed by atoms with Crippen LogP contribution in [0.4, 0.5) is 5.69 Å². The van der Waals surface area contributed by atoms with Gasteiger partial charge in [0.05, 0.1) is 0 Å². The summed E-state index contributed by atoms with van der Waals surface area (Å²) in [5, 5.41) is 3.25. The van der Waals surface area contributed by atoms with E-state index in [-0.39, 0.29) is 4.87 Å². The summed E-state index contributed by atoms with van der Waals surface area (Å²) in [6, 6.07) is 9.87. The third kappa shape index (κ3) is 3.80. The molecular weight excluding hydrogens is 302 g/mol. The van der Waals surface area contributed by atoms with E-state index in [1.807, 2.05) is 30.3 Å². The number of nitrogens with one attached hydrogen (secondary N) is 1. The molecule has 2 rings (SSSR count). The molecule has 110 valence electrons. The van der Waals surface area contributed by atoms with Crippen LogP contribution in [0.3, 0.4) is 0 Å². The Bertz CT molecular complexity index is 768. The minimum absolute atomic E-state index is 0.0811. The molecule has 0 spiro atoms. The predicted molar refractivity (Wildman–Crippen MR) is 92.2 cm³/mol. The Hall–Kier alpha value is -1.92. The highest BCUT2D eigenvalue weighted by molar-refractivity contribution is 7.71. The Balaban J connectivity index is 1.95. The average molecular weight is 319 g/mol. The van der Waals surface area contributed by atoms with E-state index in [1.54, 1.807) is 11.0 Å². The Labute approximate surface area is 132 Å². The SMILES string of the molecule is C=C(CCC(=C)n1sc(=O)n(C)c1=S)Nc1ccccc1. The number of anilines is 1. The van der Waals surface area contributed by atoms with Crippen LogP contribution in [-0.2, 0) is 7.05 Å². The van der Waals surface area contributed by atoms with Gasteiger partial charge in [-0.2, -0.15) is 0 Å². The van der Waals surface area contributed by atoms with Crippen LogP contribution < -0.4 is 10.2 Å². The molecule has 0 radical (unpaired) electrons. The van der Waals surface area contributed by atoms with Gasteiger partial charge in [-0.05, 0) is 37.2 Å². The van der Waals surface area contributed by atoms with Crippen molar-refractivity contribution in [2.24, 2.45) is 7.05 Å². The van der Waals surface area contributed by atoms with E-state index >= 15 is 0 Å². The highest BCUT2D eigenvalue weighted by Gasteiger charge is 2.07. The van der Waals surface area contributed by atoms with Crippen LogP contribution in [0, 0.1) is 4.77 Å². The minimum atomic E-state index is -0.0811. The summed E-state index contributed by atoms with van der Waals surface area (Å²) in [5.74, 6) is 0. The zero-order valence-electron chi connectivity index (χ0n) is 11.8. The number of hydrogen-bond acceptors (Lipinski definition) is 4. The van der Waals surface area contributed by atoms with Gasteiger partial charge < -0.3 is 5.32 Å². The van der Waals surface area contributed by atoms with Crippen molar-refractivity contribution in [2.45, 2.75) is 12.8 Å². The standard InChI is InChI=1S/C15H17N3OS2/c1-11(16-13-7-5-4-6-8-13)9-10-12(2)18-14(20)17(3)15(19)21-18/h4-8,16H,1-2,9-10H2,3H3. The van der Waals surface area contributed by atoms with Crippen LogP contribution in [-0.4, -0.2) is 8.52 Å². The summed E-state index contributed by atoms with van der Waals surface area (Å²) in [4.78, 5) is 11.5. The fourth-order valence-electron chi connectivity index (χ4n) is 1.78. The molecule has 0 bridgehead atoms. The first-order valence-corrected chi connectivity index (χ1v) is 7.64. The normalized spacial score (nSPS) is 10.3. The van der Waals surface area contributed by atoms with E-state index in [2.05, 4.69) is 18.5 Å². The van der Waals surface area contributed by atoms with Crippen molar-refractivity contribution >= 4 is 35.1 Å². The van der Waals surface area contributed by atoms with Crippen molar-refractivity contribution < 1.29 is 0 Å². The van der Waals surface area contributed by atoms with Crippen LogP contribution in [0.2, 0.25) is 0 Å². The molecule has 1 aromatic carbocycles. The van der Waals surface area contributed by atoms with Crippen molar-refractivity contribution in [1.29, 1.82) is 0 Å². The number of hydrogen-bond donors (Lipinski definition) is 1. The van der Waals surface area contributed by atoms with E-state index in [4.69, 9.17) is 12.2 Å². The summed E-state index contributed by atoms with van der Waals surface area (Å²) >= 11 is 6.29. The number of aromatic nitrogens is 2. The van der Waals surface area contributed by atoms with Crippen LogP contribution >= 0.6 is 23.8 Å². The number of rotatable bonds is 6. The molecule has 21 heavy (non-hydrogen) atoms. The highest BCUT2D eigenvalue weighted by Crippen LogP contribution is 2.17. The molecule has 0 aliphatic heterocycles. The maximum absolute atomic E-state index is 11.6. The van der Waals surface area contributed by atoms with Gasteiger partial charge in [-0.15, -0.1) is 0 Å². The molecule has 6 heteroatoms. The van der Waals surface area contributed by atoms with Crippen molar-refractivity contribution in [3.05, 3.63) is 63.6 Å².